The highest BCUT2D eigenvalue weighted by atomic mass is 16.2. The van der Waals surface area contributed by atoms with E-state index < -0.39 is 5.54 Å². The molecule has 1 fully saturated rings. The van der Waals surface area contributed by atoms with Crippen molar-refractivity contribution < 1.29 is 9.59 Å². The van der Waals surface area contributed by atoms with E-state index in [-0.39, 0.29) is 11.8 Å². The first-order valence-electron chi connectivity index (χ1n) is 8.26. The van der Waals surface area contributed by atoms with Gasteiger partial charge in [0.05, 0.1) is 17.9 Å². The molecule has 1 N–H and O–H groups in total. The number of nitrogens with one attached hydrogen (secondary N) is 1. The van der Waals surface area contributed by atoms with E-state index in [0.717, 1.165) is 5.69 Å². The monoisotopic (exact) mass is 315 g/mol. The molecule has 1 aromatic rings. The quantitative estimate of drug-likeness (QED) is 0.929. The zero-order chi connectivity index (χ0) is 16.8. The third-order valence-electron chi connectivity index (χ3n) is 5.14. The topological polar surface area (TPSA) is 52.7 Å². The van der Waals surface area contributed by atoms with E-state index in [1.54, 1.807) is 18.7 Å². The molecular formula is C18H25N3O2. The number of likely N-dealkylation sites (N-methyl/N-ethyl adjacent to an activating group) is 1. The lowest BCUT2D eigenvalue weighted by Gasteiger charge is -2.43. The standard InChI is InChI=1S/C18H25N3O2/c1-12(13-9-10-13)20(4)11-16(22)21-15-8-6-5-7-14(15)19-17(23)18(21,2)3/h5-8,12-13H,9-11H2,1-4H3,(H,19,23). The van der Waals surface area contributed by atoms with Crippen LogP contribution in [-0.2, 0) is 9.59 Å². The first-order chi connectivity index (χ1) is 10.8. The van der Waals surface area contributed by atoms with E-state index in [1.165, 1.54) is 12.8 Å². The van der Waals surface area contributed by atoms with Gasteiger partial charge in [-0.05, 0) is 58.7 Å². The predicted molar refractivity (Wildman–Crippen MR) is 91.5 cm³/mol. The molecule has 1 heterocycles. The van der Waals surface area contributed by atoms with Crippen LogP contribution in [0.25, 0.3) is 0 Å². The Kier molecular flexibility index (Phi) is 3.92. The molecule has 1 atom stereocenters. The zero-order valence-electron chi connectivity index (χ0n) is 14.3. The molecule has 23 heavy (non-hydrogen) atoms. The number of hydrogen-bond donors (Lipinski definition) is 1. The Morgan fingerprint density at radius 2 is 2.04 bits per heavy atom. The molecule has 1 unspecified atom stereocenters. The fourth-order valence-corrected chi connectivity index (χ4v) is 3.26. The number of anilines is 2. The van der Waals surface area contributed by atoms with Crippen LogP contribution in [0.3, 0.4) is 0 Å². The molecule has 1 aliphatic carbocycles. The molecule has 0 spiro atoms. The van der Waals surface area contributed by atoms with Crippen molar-refractivity contribution in [2.75, 3.05) is 23.8 Å². The van der Waals surface area contributed by atoms with Crippen LogP contribution in [0.1, 0.15) is 33.6 Å². The fraction of sp³-hybridized carbons (Fsp3) is 0.556. The minimum absolute atomic E-state index is 0.0349. The summed E-state index contributed by atoms with van der Waals surface area (Å²) in [6.07, 6.45) is 2.50. The summed E-state index contributed by atoms with van der Waals surface area (Å²) in [5.74, 6) is 0.521. The SMILES string of the molecule is CC(C1CC1)N(C)CC(=O)N1c2ccccc2NC(=O)C1(C)C. The highest BCUT2D eigenvalue weighted by molar-refractivity contribution is 6.14. The fourth-order valence-electron chi connectivity index (χ4n) is 3.26. The van der Waals surface area contributed by atoms with E-state index >= 15 is 0 Å². The van der Waals surface area contributed by atoms with Gasteiger partial charge in [-0.1, -0.05) is 12.1 Å². The van der Waals surface area contributed by atoms with Gasteiger partial charge >= 0.3 is 0 Å². The number of carbonyl (C=O) groups is 2. The molecule has 0 bridgehead atoms. The first-order valence-corrected chi connectivity index (χ1v) is 8.26. The second-order valence-electron chi connectivity index (χ2n) is 7.25. The summed E-state index contributed by atoms with van der Waals surface area (Å²) in [5.41, 5.74) is 0.576. The summed E-state index contributed by atoms with van der Waals surface area (Å²) in [5, 5.41) is 2.89. The molecule has 5 nitrogen and oxygen atoms in total. The largest absolute Gasteiger partial charge is 0.322 e. The number of nitrogens with zero attached hydrogens (tertiary/aromatic N) is 2. The van der Waals surface area contributed by atoms with Crippen LogP contribution in [0.15, 0.2) is 24.3 Å². The maximum absolute atomic E-state index is 13.0. The number of benzene rings is 1. The van der Waals surface area contributed by atoms with E-state index in [2.05, 4.69) is 17.1 Å². The van der Waals surface area contributed by atoms with Crippen molar-refractivity contribution in [3.8, 4) is 0 Å². The minimum Gasteiger partial charge on any atom is -0.322 e. The molecule has 1 saturated carbocycles. The number of hydrogen-bond acceptors (Lipinski definition) is 3. The van der Waals surface area contributed by atoms with Gasteiger partial charge in [0.2, 0.25) is 11.8 Å². The van der Waals surface area contributed by atoms with E-state index in [1.807, 2.05) is 31.3 Å². The number of fused-ring (bicyclic) bond motifs is 1. The molecule has 3 rings (SSSR count). The van der Waals surface area contributed by atoms with Gasteiger partial charge in [0.15, 0.2) is 0 Å². The van der Waals surface area contributed by atoms with Gasteiger partial charge in [0, 0.05) is 6.04 Å². The molecule has 0 saturated heterocycles. The van der Waals surface area contributed by atoms with Crippen molar-refractivity contribution in [2.45, 2.75) is 45.2 Å². The lowest BCUT2D eigenvalue weighted by Crippen LogP contribution is -2.60. The average molecular weight is 315 g/mol. The van der Waals surface area contributed by atoms with Crippen LogP contribution in [0.5, 0.6) is 0 Å². The van der Waals surface area contributed by atoms with Gasteiger partial charge in [-0.2, -0.15) is 0 Å². The summed E-state index contributed by atoms with van der Waals surface area (Å²) in [6.45, 7) is 6.08. The minimum atomic E-state index is -0.894. The Morgan fingerprint density at radius 3 is 2.70 bits per heavy atom. The van der Waals surface area contributed by atoms with Gasteiger partial charge in [0.1, 0.15) is 5.54 Å². The molecule has 2 amide bonds. The van der Waals surface area contributed by atoms with Crippen LogP contribution in [0.4, 0.5) is 11.4 Å². The van der Waals surface area contributed by atoms with Crippen molar-refractivity contribution in [1.29, 1.82) is 0 Å². The summed E-state index contributed by atoms with van der Waals surface area (Å²) in [6, 6.07) is 7.87. The van der Waals surface area contributed by atoms with Crippen LogP contribution in [0, 0.1) is 5.92 Å². The Hall–Kier alpha value is -1.88. The summed E-state index contributed by atoms with van der Waals surface area (Å²) >= 11 is 0. The van der Waals surface area contributed by atoms with Crippen molar-refractivity contribution in [3.05, 3.63) is 24.3 Å². The van der Waals surface area contributed by atoms with Gasteiger partial charge in [-0.15, -0.1) is 0 Å². The lowest BCUT2D eigenvalue weighted by atomic mass is 9.96. The maximum atomic E-state index is 13.0. The van der Waals surface area contributed by atoms with E-state index in [9.17, 15) is 9.59 Å². The third-order valence-corrected chi connectivity index (χ3v) is 5.14. The Labute approximate surface area is 137 Å². The van der Waals surface area contributed by atoms with Gasteiger partial charge < -0.3 is 5.32 Å². The maximum Gasteiger partial charge on any atom is 0.250 e. The highest BCUT2D eigenvalue weighted by Gasteiger charge is 2.44. The van der Waals surface area contributed by atoms with E-state index in [4.69, 9.17) is 0 Å². The van der Waals surface area contributed by atoms with Crippen LogP contribution in [-0.4, -0.2) is 41.9 Å². The molecule has 1 aliphatic heterocycles. The molecule has 5 heteroatoms. The van der Waals surface area contributed by atoms with Gasteiger partial charge in [-0.25, -0.2) is 0 Å². The second-order valence-corrected chi connectivity index (χ2v) is 7.25. The molecule has 0 radical (unpaired) electrons. The van der Waals surface area contributed by atoms with E-state index in [0.29, 0.717) is 24.2 Å². The van der Waals surface area contributed by atoms with Gasteiger partial charge in [0.25, 0.3) is 0 Å². The Morgan fingerprint density at radius 1 is 1.39 bits per heavy atom. The van der Waals surface area contributed by atoms with Crippen LogP contribution >= 0.6 is 0 Å². The molecule has 0 aromatic heterocycles. The summed E-state index contributed by atoms with van der Waals surface area (Å²) in [7, 11) is 1.99. The highest BCUT2D eigenvalue weighted by Crippen LogP contribution is 2.37. The van der Waals surface area contributed by atoms with Crippen molar-refractivity contribution in [3.63, 3.8) is 0 Å². The van der Waals surface area contributed by atoms with Gasteiger partial charge in [-0.3, -0.25) is 19.4 Å². The summed E-state index contributed by atoms with van der Waals surface area (Å²) < 4.78 is 0. The number of amides is 2. The van der Waals surface area contributed by atoms with Crippen LogP contribution < -0.4 is 10.2 Å². The number of para-hydroxylation sites is 2. The molecule has 2 aliphatic rings. The molecule has 1 aromatic carbocycles. The Bertz CT molecular complexity index is 637. The smallest absolute Gasteiger partial charge is 0.250 e. The van der Waals surface area contributed by atoms with Crippen molar-refractivity contribution >= 4 is 23.2 Å². The molecular weight excluding hydrogens is 290 g/mol. The Balaban J connectivity index is 1.86. The summed E-state index contributed by atoms with van der Waals surface area (Å²) in [4.78, 5) is 29.1. The predicted octanol–water partition coefficient (Wildman–Crippen LogP) is 2.48. The third kappa shape index (κ3) is 2.85. The van der Waals surface area contributed by atoms with Crippen molar-refractivity contribution in [1.82, 2.24) is 4.90 Å². The number of rotatable bonds is 4. The van der Waals surface area contributed by atoms with Crippen LogP contribution in [0.2, 0.25) is 0 Å². The average Bonchev–Trinajstić information content (AvgIpc) is 3.31. The molecule has 124 valence electrons. The first kappa shape index (κ1) is 16.0. The van der Waals surface area contributed by atoms with Crippen molar-refractivity contribution in [2.24, 2.45) is 5.92 Å². The number of carbonyl (C=O) groups excluding carboxylic acids is 2. The lowest BCUT2D eigenvalue weighted by molar-refractivity contribution is -0.127. The normalized spacial score (nSPS) is 20.9. The zero-order valence-corrected chi connectivity index (χ0v) is 14.3. The second kappa shape index (κ2) is 5.64.